The zero-order valence-corrected chi connectivity index (χ0v) is 27.1. The van der Waals surface area contributed by atoms with Gasteiger partial charge < -0.3 is 5.73 Å². The van der Waals surface area contributed by atoms with E-state index in [9.17, 15) is 0 Å². The smallest absolute Gasteiger partial charge is 0.0317 e. The highest BCUT2D eigenvalue weighted by Crippen LogP contribution is 2.55. The van der Waals surface area contributed by atoms with Gasteiger partial charge in [0.05, 0.1) is 0 Å². The van der Waals surface area contributed by atoms with Crippen LogP contribution in [0.15, 0.2) is 40.9 Å². The highest BCUT2D eigenvalue weighted by atomic mass is 79.9. The molecule has 0 saturated carbocycles. The van der Waals surface area contributed by atoms with Crippen molar-refractivity contribution in [2.75, 3.05) is 5.73 Å². The van der Waals surface area contributed by atoms with Crippen LogP contribution >= 0.6 is 15.9 Å². The number of nitrogen functional groups attached to an aromatic ring is 1. The largest absolute Gasteiger partial charge is 0.399 e. The molecule has 1 aliphatic carbocycles. The van der Waals surface area contributed by atoms with Gasteiger partial charge in [-0.25, -0.2) is 0 Å². The highest BCUT2D eigenvalue weighted by Gasteiger charge is 2.42. The second kappa shape index (κ2) is 18.2. The van der Waals surface area contributed by atoms with E-state index in [1.165, 1.54) is 162 Å². The lowest BCUT2D eigenvalue weighted by Gasteiger charge is -2.33. The molecule has 1 nitrogen and oxygen atoms in total. The summed E-state index contributed by atoms with van der Waals surface area (Å²) in [5, 5.41) is 0. The molecule has 2 aromatic rings. The Bertz CT molecular complexity index is 871. The molecule has 2 heteroatoms. The Morgan fingerprint density at radius 1 is 0.513 bits per heavy atom. The average Bonchev–Trinajstić information content (AvgIpc) is 3.19. The van der Waals surface area contributed by atoms with Gasteiger partial charge in [-0.05, 0) is 59.4 Å². The predicted molar refractivity (Wildman–Crippen MR) is 178 cm³/mol. The minimum absolute atomic E-state index is 0.115. The van der Waals surface area contributed by atoms with Gasteiger partial charge in [0, 0.05) is 15.6 Å². The van der Waals surface area contributed by atoms with Gasteiger partial charge in [-0.1, -0.05) is 170 Å². The van der Waals surface area contributed by atoms with Crippen molar-refractivity contribution in [3.05, 3.63) is 52.0 Å². The fourth-order valence-electron chi connectivity index (χ4n) is 6.98. The summed E-state index contributed by atoms with van der Waals surface area (Å²) in [6.45, 7) is 4.61. The van der Waals surface area contributed by atoms with E-state index in [0.29, 0.717) is 0 Å². The summed E-state index contributed by atoms with van der Waals surface area (Å²) in [5.41, 5.74) is 13.3. The minimum Gasteiger partial charge on any atom is -0.399 e. The van der Waals surface area contributed by atoms with Crippen molar-refractivity contribution in [3.63, 3.8) is 0 Å². The van der Waals surface area contributed by atoms with Gasteiger partial charge in [0.25, 0.3) is 0 Å². The molecule has 0 radical (unpaired) electrons. The number of fused-ring (bicyclic) bond motifs is 3. The van der Waals surface area contributed by atoms with Crippen molar-refractivity contribution in [1.82, 2.24) is 0 Å². The molecule has 0 aromatic heterocycles. The molecule has 0 atom stereocenters. The third kappa shape index (κ3) is 9.94. The maximum Gasteiger partial charge on any atom is 0.0317 e. The van der Waals surface area contributed by atoms with Crippen molar-refractivity contribution in [2.24, 2.45) is 0 Å². The van der Waals surface area contributed by atoms with E-state index in [2.05, 4.69) is 66.2 Å². The summed E-state index contributed by atoms with van der Waals surface area (Å²) >= 11 is 3.82. The van der Waals surface area contributed by atoms with E-state index >= 15 is 0 Å². The summed E-state index contributed by atoms with van der Waals surface area (Å²) in [4.78, 5) is 0. The Balaban J connectivity index is 1.59. The Hall–Kier alpha value is -1.28. The third-order valence-electron chi connectivity index (χ3n) is 9.26. The monoisotopic (exact) mass is 595 g/mol. The van der Waals surface area contributed by atoms with Crippen LogP contribution in [0.2, 0.25) is 0 Å². The molecular weight excluding hydrogens is 538 g/mol. The normalized spacial score (nSPS) is 13.5. The Morgan fingerprint density at radius 3 is 1.36 bits per heavy atom. The van der Waals surface area contributed by atoms with Crippen LogP contribution in [0.3, 0.4) is 0 Å². The standard InChI is InChI=1S/C37H58BrN/c1-3-5-7-9-11-13-15-17-19-21-27-37(28-22-20-18-16-14-12-10-8-6-4-2)35-29-31(38)23-25-33(35)34-26-24-32(39)30-36(34)37/h23-26,29-30H,3-22,27-28,39H2,1-2H3. The Morgan fingerprint density at radius 2 is 0.897 bits per heavy atom. The Kier molecular flexibility index (Phi) is 15.1. The van der Waals surface area contributed by atoms with Crippen LogP contribution in [-0.2, 0) is 5.41 Å². The number of rotatable bonds is 22. The molecule has 0 fully saturated rings. The number of nitrogens with two attached hydrogens (primary N) is 1. The first-order valence-electron chi connectivity index (χ1n) is 16.8. The van der Waals surface area contributed by atoms with Gasteiger partial charge in [-0.2, -0.15) is 0 Å². The van der Waals surface area contributed by atoms with Gasteiger partial charge in [-0.15, -0.1) is 0 Å². The molecule has 0 unspecified atom stereocenters. The first kappa shape index (κ1) is 32.2. The van der Waals surface area contributed by atoms with Crippen molar-refractivity contribution in [1.29, 1.82) is 0 Å². The van der Waals surface area contributed by atoms with Gasteiger partial charge in [0.2, 0.25) is 0 Å². The van der Waals surface area contributed by atoms with E-state index in [0.717, 1.165) is 5.69 Å². The van der Waals surface area contributed by atoms with E-state index < -0.39 is 0 Å². The van der Waals surface area contributed by atoms with Crippen LogP contribution in [0.25, 0.3) is 11.1 Å². The lowest BCUT2D eigenvalue weighted by molar-refractivity contribution is 0.397. The lowest BCUT2D eigenvalue weighted by atomic mass is 9.70. The van der Waals surface area contributed by atoms with Crippen molar-refractivity contribution in [2.45, 2.75) is 161 Å². The van der Waals surface area contributed by atoms with Crippen LogP contribution in [0.1, 0.15) is 166 Å². The average molecular weight is 597 g/mol. The number of anilines is 1. The molecule has 0 saturated heterocycles. The van der Waals surface area contributed by atoms with Crippen molar-refractivity contribution in [3.8, 4) is 11.1 Å². The van der Waals surface area contributed by atoms with Crippen molar-refractivity contribution >= 4 is 21.6 Å². The lowest BCUT2D eigenvalue weighted by Crippen LogP contribution is -2.25. The van der Waals surface area contributed by atoms with Gasteiger partial charge in [-0.3, -0.25) is 0 Å². The van der Waals surface area contributed by atoms with Crippen LogP contribution in [0, 0.1) is 0 Å². The van der Waals surface area contributed by atoms with Crippen LogP contribution in [0.5, 0.6) is 0 Å². The molecular formula is C37H58BrN. The molecule has 0 aliphatic heterocycles. The molecule has 3 rings (SSSR count). The number of halogens is 1. The Labute approximate surface area is 250 Å². The van der Waals surface area contributed by atoms with Crippen molar-refractivity contribution < 1.29 is 0 Å². The summed E-state index contributed by atoms with van der Waals surface area (Å²) in [6.07, 6.45) is 30.3. The van der Waals surface area contributed by atoms with E-state index in [1.54, 1.807) is 5.56 Å². The number of benzene rings is 2. The predicted octanol–water partition coefficient (Wildman–Crippen LogP) is 12.9. The second-order valence-corrected chi connectivity index (χ2v) is 13.4. The van der Waals surface area contributed by atoms with E-state index in [-0.39, 0.29) is 5.41 Å². The molecule has 1 aliphatic rings. The van der Waals surface area contributed by atoms with Crippen LogP contribution in [0.4, 0.5) is 5.69 Å². The molecule has 2 N–H and O–H groups in total. The number of unbranched alkanes of at least 4 members (excludes halogenated alkanes) is 18. The first-order valence-corrected chi connectivity index (χ1v) is 17.6. The van der Waals surface area contributed by atoms with E-state index in [1.807, 2.05) is 0 Å². The summed E-state index contributed by atoms with van der Waals surface area (Å²) < 4.78 is 1.21. The molecule has 2 aromatic carbocycles. The molecule has 218 valence electrons. The first-order chi connectivity index (χ1) is 19.1. The highest BCUT2D eigenvalue weighted by molar-refractivity contribution is 9.10. The van der Waals surface area contributed by atoms with Gasteiger partial charge in [0.15, 0.2) is 0 Å². The van der Waals surface area contributed by atoms with Gasteiger partial charge in [0.1, 0.15) is 0 Å². The maximum atomic E-state index is 6.41. The van der Waals surface area contributed by atoms with Gasteiger partial charge >= 0.3 is 0 Å². The number of hydrogen-bond acceptors (Lipinski definition) is 1. The second-order valence-electron chi connectivity index (χ2n) is 12.4. The molecule has 0 heterocycles. The summed E-state index contributed by atoms with van der Waals surface area (Å²) in [5.74, 6) is 0. The zero-order chi connectivity index (χ0) is 27.8. The molecule has 0 bridgehead atoms. The maximum absolute atomic E-state index is 6.41. The SMILES string of the molecule is CCCCCCCCCCCCC1(CCCCCCCCCCCC)c2cc(N)ccc2-c2ccc(Br)cc21. The minimum atomic E-state index is 0.115. The summed E-state index contributed by atoms with van der Waals surface area (Å²) in [7, 11) is 0. The van der Waals surface area contributed by atoms with E-state index in [4.69, 9.17) is 5.73 Å². The molecule has 0 amide bonds. The van der Waals surface area contributed by atoms with Crippen LogP contribution < -0.4 is 5.73 Å². The summed E-state index contributed by atoms with van der Waals surface area (Å²) in [6, 6.07) is 13.7. The quantitative estimate of drug-likeness (QED) is 0.106. The van der Waals surface area contributed by atoms with Crippen LogP contribution in [-0.4, -0.2) is 0 Å². The number of hydrogen-bond donors (Lipinski definition) is 1. The molecule has 39 heavy (non-hydrogen) atoms. The fourth-order valence-corrected chi connectivity index (χ4v) is 7.34. The third-order valence-corrected chi connectivity index (χ3v) is 9.75. The topological polar surface area (TPSA) is 26.0 Å². The molecule has 0 spiro atoms. The zero-order valence-electron chi connectivity index (χ0n) is 25.5. The fraction of sp³-hybridized carbons (Fsp3) is 0.676.